The van der Waals surface area contributed by atoms with Crippen LogP contribution in [0.25, 0.3) is 0 Å². The van der Waals surface area contributed by atoms with Gasteiger partial charge in [0.25, 0.3) is 0 Å². The Morgan fingerprint density at radius 1 is 0.609 bits per heavy atom. The van der Waals surface area contributed by atoms with Crippen molar-refractivity contribution in [2.24, 2.45) is 23.7 Å². The van der Waals surface area contributed by atoms with Crippen LogP contribution in [0.4, 0.5) is 0 Å². The van der Waals surface area contributed by atoms with Gasteiger partial charge in [-0.15, -0.1) is 0 Å². The molecule has 1 aliphatic heterocycles. The van der Waals surface area contributed by atoms with Crippen LogP contribution in [-0.4, -0.2) is 11.8 Å². The predicted octanol–water partition coefficient (Wildman–Crippen LogP) is 4.13. The highest BCUT2D eigenvalue weighted by Crippen LogP contribution is 2.52. The molecule has 126 valence electrons. The number of nitrogens with one attached hydrogen (secondary N) is 1. The maximum absolute atomic E-state index is 12.5. The second-order valence-corrected chi connectivity index (χ2v) is 8.07. The maximum atomic E-state index is 12.5. The van der Waals surface area contributed by atoms with Crippen molar-refractivity contribution in [2.75, 3.05) is 0 Å². The Labute approximate surface area is 139 Å². The fraction of sp³-hybridized carbons (Fsp3) is 0.800. The summed E-state index contributed by atoms with van der Waals surface area (Å²) in [5, 5.41) is 2.69. The molecule has 0 radical (unpaired) electrons. The standard InChI is InChI=1S/C20H29NO2/c22-19-17-15-11-7-3-1-5-9-13(15)14-10-6-2-4-8-12-16(14)18(17)20(23)21-19/h15-18H,1-12H2,(H,21,22,23). The largest absolute Gasteiger partial charge is 0.296 e. The van der Waals surface area contributed by atoms with Crippen LogP contribution < -0.4 is 5.32 Å². The topological polar surface area (TPSA) is 46.2 Å². The van der Waals surface area contributed by atoms with Crippen molar-refractivity contribution in [1.29, 1.82) is 0 Å². The number of hydrogen-bond donors (Lipinski definition) is 1. The average molecular weight is 315 g/mol. The van der Waals surface area contributed by atoms with Gasteiger partial charge < -0.3 is 0 Å². The number of hydrogen-bond acceptors (Lipinski definition) is 2. The van der Waals surface area contributed by atoms with Gasteiger partial charge in [0.1, 0.15) is 0 Å². The van der Waals surface area contributed by atoms with Crippen LogP contribution in [0.1, 0.15) is 77.0 Å². The zero-order valence-electron chi connectivity index (χ0n) is 14.1. The molecule has 0 aromatic carbocycles. The number of fused-ring (bicyclic) bond motifs is 5. The fourth-order valence-electron chi connectivity index (χ4n) is 5.86. The molecule has 3 nitrogen and oxygen atoms in total. The van der Waals surface area contributed by atoms with Crippen LogP contribution in [0.3, 0.4) is 0 Å². The average Bonchev–Trinajstić information content (AvgIpc) is 2.75. The van der Waals surface area contributed by atoms with Crippen LogP contribution >= 0.6 is 0 Å². The van der Waals surface area contributed by atoms with E-state index in [1.54, 1.807) is 11.1 Å². The molecule has 1 N–H and O–H groups in total. The lowest BCUT2D eigenvalue weighted by atomic mass is 9.60. The van der Waals surface area contributed by atoms with Crippen molar-refractivity contribution in [3.05, 3.63) is 11.1 Å². The molecule has 3 heteroatoms. The number of allylic oxidation sites excluding steroid dienone is 2. The smallest absolute Gasteiger partial charge is 0.231 e. The third kappa shape index (κ3) is 2.66. The number of amides is 2. The Kier molecular flexibility index (Phi) is 4.29. The lowest BCUT2D eigenvalue weighted by Crippen LogP contribution is -2.39. The van der Waals surface area contributed by atoms with E-state index in [1.165, 1.54) is 64.2 Å². The molecule has 0 spiro atoms. The molecule has 3 aliphatic carbocycles. The van der Waals surface area contributed by atoms with Crippen LogP contribution in [0.5, 0.6) is 0 Å². The first-order valence-corrected chi connectivity index (χ1v) is 9.84. The van der Waals surface area contributed by atoms with Crippen molar-refractivity contribution in [1.82, 2.24) is 5.32 Å². The highest BCUT2D eigenvalue weighted by molar-refractivity contribution is 6.06. The minimum absolute atomic E-state index is 0.0317. The normalized spacial score (nSPS) is 38.4. The van der Waals surface area contributed by atoms with Gasteiger partial charge in [0.05, 0.1) is 11.8 Å². The van der Waals surface area contributed by atoms with Gasteiger partial charge in [0.2, 0.25) is 11.8 Å². The minimum atomic E-state index is -0.0521. The lowest BCUT2D eigenvalue weighted by molar-refractivity contribution is -0.126. The molecule has 2 saturated carbocycles. The van der Waals surface area contributed by atoms with E-state index in [1.807, 2.05) is 0 Å². The summed E-state index contributed by atoms with van der Waals surface area (Å²) in [6.07, 6.45) is 14.8. The highest BCUT2D eigenvalue weighted by Gasteiger charge is 2.53. The Bertz CT molecular complexity index is 490. The summed E-state index contributed by atoms with van der Waals surface area (Å²) in [6.45, 7) is 0. The number of rotatable bonds is 0. The van der Waals surface area contributed by atoms with Gasteiger partial charge in [-0.05, 0) is 50.4 Å². The van der Waals surface area contributed by atoms with Crippen molar-refractivity contribution in [2.45, 2.75) is 77.0 Å². The second kappa shape index (κ2) is 6.41. The summed E-state index contributed by atoms with van der Waals surface area (Å²) in [4.78, 5) is 25.1. The Morgan fingerprint density at radius 3 is 1.52 bits per heavy atom. The second-order valence-electron chi connectivity index (χ2n) is 8.07. The predicted molar refractivity (Wildman–Crippen MR) is 89.5 cm³/mol. The molecule has 4 atom stereocenters. The first kappa shape index (κ1) is 15.4. The summed E-state index contributed by atoms with van der Waals surface area (Å²) in [6, 6.07) is 0. The van der Waals surface area contributed by atoms with E-state index in [9.17, 15) is 9.59 Å². The summed E-state index contributed by atoms with van der Waals surface area (Å²) in [5.74, 6) is 0.677. The van der Waals surface area contributed by atoms with Crippen molar-refractivity contribution in [3.63, 3.8) is 0 Å². The van der Waals surface area contributed by atoms with Crippen LogP contribution in [0, 0.1) is 23.7 Å². The van der Waals surface area contributed by atoms with Crippen LogP contribution in [0.2, 0.25) is 0 Å². The van der Waals surface area contributed by atoms with Crippen LogP contribution in [-0.2, 0) is 9.59 Å². The summed E-state index contributed by atoms with van der Waals surface area (Å²) >= 11 is 0. The third-order valence-corrected chi connectivity index (χ3v) is 6.84. The summed E-state index contributed by atoms with van der Waals surface area (Å²) in [5.41, 5.74) is 3.23. The highest BCUT2D eigenvalue weighted by atomic mass is 16.2. The van der Waals surface area contributed by atoms with Gasteiger partial charge in [-0.3, -0.25) is 14.9 Å². The Hall–Kier alpha value is -1.12. The quantitative estimate of drug-likeness (QED) is 0.540. The molecule has 2 amide bonds. The first-order chi connectivity index (χ1) is 11.3. The van der Waals surface area contributed by atoms with E-state index < -0.39 is 0 Å². The molecule has 4 unspecified atom stereocenters. The zero-order valence-corrected chi connectivity index (χ0v) is 14.1. The molecule has 4 aliphatic rings. The van der Waals surface area contributed by atoms with Gasteiger partial charge >= 0.3 is 0 Å². The van der Waals surface area contributed by atoms with Gasteiger partial charge in [0, 0.05) is 0 Å². The number of carbonyl (C=O) groups excluding carboxylic acids is 2. The Morgan fingerprint density at radius 2 is 1.04 bits per heavy atom. The molecule has 0 bridgehead atoms. The van der Waals surface area contributed by atoms with E-state index in [0.717, 1.165) is 12.8 Å². The first-order valence-electron chi connectivity index (χ1n) is 9.84. The molecular weight excluding hydrogens is 286 g/mol. The summed E-state index contributed by atoms with van der Waals surface area (Å²) in [7, 11) is 0. The number of carbonyl (C=O) groups is 2. The van der Waals surface area contributed by atoms with Crippen LogP contribution in [0.15, 0.2) is 11.1 Å². The number of imide groups is 1. The van der Waals surface area contributed by atoms with E-state index in [-0.39, 0.29) is 23.7 Å². The van der Waals surface area contributed by atoms with Gasteiger partial charge in [0.15, 0.2) is 0 Å². The Balaban J connectivity index is 1.78. The van der Waals surface area contributed by atoms with Crippen molar-refractivity contribution >= 4 is 11.8 Å². The monoisotopic (exact) mass is 315 g/mol. The summed E-state index contributed by atoms with van der Waals surface area (Å²) < 4.78 is 0. The van der Waals surface area contributed by atoms with Gasteiger partial charge in [-0.2, -0.15) is 0 Å². The maximum Gasteiger partial charge on any atom is 0.231 e. The van der Waals surface area contributed by atoms with E-state index in [2.05, 4.69) is 5.32 Å². The molecule has 23 heavy (non-hydrogen) atoms. The minimum Gasteiger partial charge on any atom is -0.296 e. The zero-order chi connectivity index (χ0) is 15.8. The molecule has 1 saturated heterocycles. The van der Waals surface area contributed by atoms with E-state index in [0.29, 0.717) is 11.8 Å². The third-order valence-electron chi connectivity index (χ3n) is 6.84. The molecule has 1 heterocycles. The van der Waals surface area contributed by atoms with Crippen molar-refractivity contribution in [3.8, 4) is 0 Å². The molecule has 3 fully saturated rings. The molecule has 0 aromatic heterocycles. The SMILES string of the molecule is O=C1NC(=O)C2C3CCCCCCC3=C3CCCCCCC3C12. The molecular formula is C20H29NO2. The van der Waals surface area contributed by atoms with Gasteiger partial charge in [-0.25, -0.2) is 0 Å². The van der Waals surface area contributed by atoms with Gasteiger partial charge in [-0.1, -0.05) is 49.7 Å². The molecule has 0 aromatic rings. The van der Waals surface area contributed by atoms with Crippen molar-refractivity contribution < 1.29 is 9.59 Å². The molecule has 4 rings (SSSR count). The lowest BCUT2D eigenvalue weighted by Gasteiger charge is -2.42. The van der Waals surface area contributed by atoms with E-state index in [4.69, 9.17) is 0 Å². The van der Waals surface area contributed by atoms with E-state index >= 15 is 0 Å². The fourth-order valence-corrected chi connectivity index (χ4v) is 5.86.